The second kappa shape index (κ2) is 10.7. The highest BCUT2D eigenvalue weighted by Crippen LogP contribution is 2.34. The highest BCUT2D eigenvalue weighted by molar-refractivity contribution is 7.10. The predicted octanol–water partition coefficient (Wildman–Crippen LogP) is 5.51. The Labute approximate surface area is 217 Å². The summed E-state index contributed by atoms with van der Waals surface area (Å²) in [6.07, 6.45) is 0.807. The van der Waals surface area contributed by atoms with E-state index in [1.54, 1.807) is 47.6 Å². The fourth-order valence-electron chi connectivity index (χ4n) is 4.41. The topological polar surface area (TPSA) is 59.1 Å². The molecule has 2 amide bonds. The van der Waals surface area contributed by atoms with Crippen molar-refractivity contribution in [3.05, 3.63) is 81.5 Å². The number of aryl methyl sites for hydroxylation is 1. The maximum absolute atomic E-state index is 13.7. The molecule has 0 saturated heterocycles. The van der Waals surface area contributed by atoms with Gasteiger partial charge in [0.25, 0.3) is 5.91 Å². The number of amides is 2. The lowest BCUT2D eigenvalue weighted by atomic mass is 9.99. The van der Waals surface area contributed by atoms with Crippen molar-refractivity contribution in [3.8, 4) is 11.5 Å². The minimum atomic E-state index is -0.538. The van der Waals surface area contributed by atoms with Crippen molar-refractivity contribution in [2.45, 2.75) is 45.7 Å². The Kier molecular flexibility index (Phi) is 7.69. The average molecular weight is 507 g/mol. The zero-order chi connectivity index (χ0) is 25.9. The van der Waals surface area contributed by atoms with Gasteiger partial charge in [-0.15, -0.1) is 11.3 Å². The van der Waals surface area contributed by atoms with Gasteiger partial charge in [-0.25, -0.2) is 0 Å². The molecule has 190 valence electrons. The summed E-state index contributed by atoms with van der Waals surface area (Å²) in [7, 11) is 1.59. The minimum Gasteiger partial charge on any atom is -0.497 e. The smallest absolute Gasteiger partial charge is 0.254 e. The summed E-state index contributed by atoms with van der Waals surface area (Å²) in [6.45, 7) is 8.85. The third-order valence-corrected chi connectivity index (χ3v) is 7.53. The number of hydrogen-bond donors (Lipinski definition) is 0. The molecule has 6 nitrogen and oxygen atoms in total. The second-order valence-electron chi connectivity index (χ2n) is 10.1. The van der Waals surface area contributed by atoms with E-state index in [1.807, 2.05) is 56.9 Å². The minimum absolute atomic E-state index is 0.00509. The molecule has 0 bridgehead atoms. The van der Waals surface area contributed by atoms with E-state index in [0.717, 1.165) is 17.7 Å². The van der Waals surface area contributed by atoms with Crippen LogP contribution < -0.4 is 9.47 Å². The van der Waals surface area contributed by atoms with Gasteiger partial charge in [-0.1, -0.05) is 17.7 Å². The lowest BCUT2D eigenvalue weighted by Crippen LogP contribution is -2.53. The number of nitrogens with zero attached hydrogens (tertiary/aromatic N) is 2. The molecule has 1 aliphatic heterocycles. The fraction of sp³-hybridized carbons (Fsp3) is 0.379. The predicted molar refractivity (Wildman–Crippen MR) is 143 cm³/mol. The van der Waals surface area contributed by atoms with E-state index in [0.29, 0.717) is 24.5 Å². The number of ether oxygens (including phenoxy) is 2. The Morgan fingerprint density at radius 3 is 2.33 bits per heavy atom. The molecule has 4 rings (SSSR count). The van der Waals surface area contributed by atoms with Gasteiger partial charge in [-0.05, 0) is 87.5 Å². The van der Waals surface area contributed by atoms with Crippen molar-refractivity contribution in [2.24, 2.45) is 0 Å². The summed E-state index contributed by atoms with van der Waals surface area (Å²) in [6, 6.07) is 16.8. The van der Waals surface area contributed by atoms with Crippen LogP contribution in [0.15, 0.2) is 60.0 Å². The molecule has 36 heavy (non-hydrogen) atoms. The third-order valence-electron chi connectivity index (χ3n) is 6.53. The number of thiophene rings is 1. The summed E-state index contributed by atoms with van der Waals surface area (Å²) in [4.78, 5) is 32.0. The number of fused-ring (bicyclic) bond motifs is 1. The Morgan fingerprint density at radius 1 is 1.03 bits per heavy atom. The first-order valence-corrected chi connectivity index (χ1v) is 13.1. The molecule has 0 saturated carbocycles. The van der Waals surface area contributed by atoms with Gasteiger partial charge in [0.15, 0.2) is 0 Å². The van der Waals surface area contributed by atoms with Crippen LogP contribution in [0.4, 0.5) is 0 Å². The highest BCUT2D eigenvalue weighted by Gasteiger charge is 2.36. The average Bonchev–Trinajstić information content (AvgIpc) is 3.35. The van der Waals surface area contributed by atoms with Gasteiger partial charge in [-0.2, -0.15) is 0 Å². The van der Waals surface area contributed by atoms with Crippen molar-refractivity contribution in [1.82, 2.24) is 9.80 Å². The first-order chi connectivity index (χ1) is 17.2. The maximum Gasteiger partial charge on any atom is 0.254 e. The van der Waals surface area contributed by atoms with Gasteiger partial charge in [0, 0.05) is 22.5 Å². The molecular formula is C29H34N2O4S. The molecule has 2 aromatic carbocycles. The monoisotopic (exact) mass is 506 g/mol. The number of benzene rings is 2. The van der Waals surface area contributed by atoms with Crippen molar-refractivity contribution >= 4 is 23.2 Å². The van der Waals surface area contributed by atoms with Crippen LogP contribution in [-0.2, 0) is 11.2 Å². The molecule has 0 spiro atoms. The summed E-state index contributed by atoms with van der Waals surface area (Å²) in [5, 5.41) is 2.08. The van der Waals surface area contributed by atoms with E-state index in [2.05, 4.69) is 11.4 Å². The molecule has 0 fully saturated rings. The Hall–Kier alpha value is -3.32. The van der Waals surface area contributed by atoms with Crippen LogP contribution in [0.3, 0.4) is 0 Å². The van der Waals surface area contributed by atoms with Crippen LogP contribution in [0.1, 0.15) is 53.2 Å². The lowest BCUT2D eigenvalue weighted by Gasteiger charge is -2.40. The highest BCUT2D eigenvalue weighted by atomic mass is 32.1. The number of carbonyl (C=O) groups excluding carboxylic acids is 2. The van der Waals surface area contributed by atoms with Gasteiger partial charge in [-0.3, -0.25) is 9.59 Å². The van der Waals surface area contributed by atoms with E-state index >= 15 is 0 Å². The SMILES string of the molecule is COc1ccc(C(=O)N(CC(=O)N2CCc3sccc3C2COc2ccc(C)cc2)C(C)(C)C)cc1. The van der Waals surface area contributed by atoms with Crippen molar-refractivity contribution < 1.29 is 19.1 Å². The molecule has 2 heterocycles. The van der Waals surface area contributed by atoms with Crippen molar-refractivity contribution in [2.75, 3.05) is 26.8 Å². The third kappa shape index (κ3) is 5.73. The normalized spacial score (nSPS) is 15.2. The van der Waals surface area contributed by atoms with Crippen LogP contribution in [0.25, 0.3) is 0 Å². The van der Waals surface area contributed by atoms with E-state index < -0.39 is 5.54 Å². The van der Waals surface area contributed by atoms with E-state index in [9.17, 15) is 9.59 Å². The summed E-state index contributed by atoms with van der Waals surface area (Å²) in [5.41, 5.74) is 2.29. The zero-order valence-corrected chi connectivity index (χ0v) is 22.4. The molecule has 1 atom stereocenters. The molecule has 0 aliphatic carbocycles. The van der Waals surface area contributed by atoms with E-state index in [1.165, 1.54) is 10.4 Å². The molecule has 0 radical (unpaired) electrons. The number of carbonyl (C=O) groups is 2. The van der Waals surface area contributed by atoms with Crippen molar-refractivity contribution in [3.63, 3.8) is 0 Å². The van der Waals surface area contributed by atoms with Gasteiger partial charge in [0.1, 0.15) is 24.7 Å². The Bertz CT molecular complexity index is 1200. The molecule has 1 unspecified atom stereocenters. The van der Waals surface area contributed by atoms with Gasteiger partial charge < -0.3 is 19.3 Å². The molecule has 3 aromatic rings. The van der Waals surface area contributed by atoms with Crippen molar-refractivity contribution in [1.29, 1.82) is 0 Å². The summed E-state index contributed by atoms with van der Waals surface area (Å²) >= 11 is 1.72. The lowest BCUT2D eigenvalue weighted by molar-refractivity contribution is -0.136. The maximum atomic E-state index is 13.7. The molecule has 1 aliphatic rings. The quantitative estimate of drug-likeness (QED) is 0.424. The largest absolute Gasteiger partial charge is 0.497 e. The van der Waals surface area contributed by atoms with Gasteiger partial charge in [0.05, 0.1) is 13.2 Å². The van der Waals surface area contributed by atoms with E-state index in [4.69, 9.17) is 9.47 Å². The fourth-order valence-corrected chi connectivity index (χ4v) is 5.34. The zero-order valence-electron chi connectivity index (χ0n) is 21.6. The van der Waals surface area contributed by atoms with Crippen LogP contribution in [0.2, 0.25) is 0 Å². The van der Waals surface area contributed by atoms with Gasteiger partial charge in [0.2, 0.25) is 5.91 Å². The molecule has 0 N–H and O–H groups in total. The number of hydrogen-bond acceptors (Lipinski definition) is 5. The first kappa shape index (κ1) is 25.8. The van der Waals surface area contributed by atoms with Crippen LogP contribution in [-0.4, -0.2) is 54.0 Å². The van der Waals surface area contributed by atoms with Gasteiger partial charge >= 0.3 is 0 Å². The standard InChI is InChI=1S/C29H34N2O4S/c1-20-6-10-23(11-7-20)35-19-25-24-15-17-36-26(24)14-16-30(25)27(32)18-31(29(2,3)4)28(33)21-8-12-22(34-5)13-9-21/h6-13,15,17,25H,14,16,18-19H2,1-5H3. The van der Waals surface area contributed by atoms with E-state index in [-0.39, 0.29) is 24.4 Å². The first-order valence-electron chi connectivity index (χ1n) is 12.2. The molecule has 1 aromatic heterocycles. The summed E-state index contributed by atoms with van der Waals surface area (Å²) in [5.74, 6) is 1.20. The Balaban J connectivity index is 1.54. The molecular weight excluding hydrogens is 472 g/mol. The number of rotatable bonds is 7. The summed E-state index contributed by atoms with van der Waals surface area (Å²) < 4.78 is 11.4. The number of methoxy groups -OCH3 is 1. The van der Waals surface area contributed by atoms with Crippen LogP contribution in [0.5, 0.6) is 11.5 Å². The van der Waals surface area contributed by atoms with Crippen LogP contribution in [0, 0.1) is 6.92 Å². The Morgan fingerprint density at radius 2 is 1.69 bits per heavy atom. The molecule has 7 heteroatoms. The second-order valence-corrected chi connectivity index (χ2v) is 11.1. The van der Waals surface area contributed by atoms with Crippen LogP contribution >= 0.6 is 11.3 Å².